The zero-order valence-electron chi connectivity index (χ0n) is 17.2. The van der Waals surface area contributed by atoms with Gasteiger partial charge in [-0.05, 0) is 24.3 Å². The second kappa shape index (κ2) is 9.04. The van der Waals surface area contributed by atoms with Crippen molar-refractivity contribution in [3.05, 3.63) is 60.8 Å². The van der Waals surface area contributed by atoms with E-state index in [1.165, 1.54) is 0 Å². The maximum absolute atomic E-state index is 6.01. The number of hydrogen-bond acceptors (Lipinski definition) is 8. The van der Waals surface area contributed by atoms with Crippen molar-refractivity contribution in [1.29, 1.82) is 0 Å². The normalized spacial score (nSPS) is 10.4. The Labute approximate surface area is 179 Å². The molecule has 0 saturated heterocycles. The van der Waals surface area contributed by atoms with E-state index >= 15 is 0 Å². The fourth-order valence-corrected chi connectivity index (χ4v) is 2.87. The van der Waals surface area contributed by atoms with Crippen LogP contribution in [0.3, 0.4) is 0 Å². The molecule has 0 amide bonds. The lowest BCUT2D eigenvalue weighted by Gasteiger charge is -2.11. The minimum atomic E-state index is 0.363. The van der Waals surface area contributed by atoms with E-state index in [-0.39, 0.29) is 0 Å². The molecule has 158 valence electrons. The van der Waals surface area contributed by atoms with Crippen molar-refractivity contribution in [2.45, 2.75) is 0 Å². The summed E-state index contributed by atoms with van der Waals surface area (Å²) < 4.78 is 21.9. The van der Waals surface area contributed by atoms with E-state index in [1.807, 2.05) is 30.3 Å². The molecular weight excluding hydrogens is 398 g/mol. The molecule has 9 nitrogen and oxygen atoms in total. The number of H-pyrrole nitrogens is 1. The lowest BCUT2D eigenvalue weighted by Crippen LogP contribution is -1.95. The van der Waals surface area contributed by atoms with E-state index in [2.05, 4.69) is 25.5 Å². The SMILES string of the molecule is COc1cccc(Nc2n[nH]c(-c3cccnc3Oc3cc(OC)cc(OC)c3)n2)c1. The van der Waals surface area contributed by atoms with Gasteiger partial charge in [-0.25, -0.2) is 4.98 Å². The molecule has 4 aromatic rings. The first kappa shape index (κ1) is 20.0. The molecule has 9 heteroatoms. The summed E-state index contributed by atoms with van der Waals surface area (Å²) >= 11 is 0. The molecule has 0 unspecified atom stereocenters. The highest BCUT2D eigenvalue weighted by Gasteiger charge is 2.14. The van der Waals surface area contributed by atoms with Gasteiger partial charge in [-0.2, -0.15) is 4.98 Å². The Morgan fingerprint density at radius 3 is 2.29 bits per heavy atom. The smallest absolute Gasteiger partial charge is 0.246 e. The highest BCUT2D eigenvalue weighted by molar-refractivity contribution is 5.64. The van der Waals surface area contributed by atoms with Crippen molar-refractivity contribution in [3.63, 3.8) is 0 Å². The van der Waals surface area contributed by atoms with Gasteiger partial charge in [0.25, 0.3) is 0 Å². The number of rotatable bonds is 8. The van der Waals surface area contributed by atoms with Crippen molar-refractivity contribution >= 4 is 11.6 Å². The first-order valence-electron chi connectivity index (χ1n) is 9.38. The van der Waals surface area contributed by atoms with Gasteiger partial charge in [0.15, 0.2) is 5.82 Å². The molecule has 0 atom stereocenters. The van der Waals surface area contributed by atoms with Crippen molar-refractivity contribution in [2.75, 3.05) is 26.6 Å². The number of nitrogens with one attached hydrogen (secondary N) is 2. The van der Waals surface area contributed by atoms with Crippen LogP contribution in [-0.2, 0) is 0 Å². The minimum Gasteiger partial charge on any atom is -0.497 e. The van der Waals surface area contributed by atoms with E-state index in [0.29, 0.717) is 40.5 Å². The number of aromatic amines is 1. The van der Waals surface area contributed by atoms with Crippen LogP contribution in [0.4, 0.5) is 11.6 Å². The van der Waals surface area contributed by atoms with Gasteiger partial charge < -0.3 is 24.3 Å². The van der Waals surface area contributed by atoms with Gasteiger partial charge in [-0.1, -0.05) is 6.07 Å². The van der Waals surface area contributed by atoms with Crippen molar-refractivity contribution in [2.24, 2.45) is 0 Å². The first-order valence-corrected chi connectivity index (χ1v) is 9.38. The summed E-state index contributed by atoms with van der Waals surface area (Å²) in [6.07, 6.45) is 1.64. The predicted octanol–water partition coefficient (Wildman–Crippen LogP) is 4.43. The molecule has 0 spiro atoms. The van der Waals surface area contributed by atoms with Gasteiger partial charge in [0, 0.05) is 36.1 Å². The maximum atomic E-state index is 6.01. The van der Waals surface area contributed by atoms with Crippen molar-refractivity contribution in [3.8, 4) is 40.3 Å². The Balaban J connectivity index is 1.59. The summed E-state index contributed by atoms with van der Waals surface area (Å²) in [6.45, 7) is 0. The van der Waals surface area contributed by atoms with Crippen LogP contribution in [0.5, 0.6) is 28.9 Å². The van der Waals surface area contributed by atoms with Gasteiger partial charge >= 0.3 is 0 Å². The summed E-state index contributed by atoms with van der Waals surface area (Å²) in [5.74, 6) is 3.74. The number of methoxy groups -OCH3 is 3. The number of pyridine rings is 1. The molecule has 0 aliphatic rings. The molecule has 2 aromatic heterocycles. The fourth-order valence-electron chi connectivity index (χ4n) is 2.87. The molecule has 2 aromatic carbocycles. The molecule has 4 rings (SSSR count). The molecule has 2 heterocycles. The van der Waals surface area contributed by atoms with Crippen molar-refractivity contribution < 1.29 is 18.9 Å². The number of benzene rings is 2. The summed E-state index contributed by atoms with van der Waals surface area (Å²) in [6, 6.07) is 16.4. The Hall–Kier alpha value is -4.27. The zero-order chi connectivity index (χ0) is 21.6. The standard InChI is InChI=1S/C22H21N5O4/c1-28-15-7-4-6-14(10-15)24-22-25-20(26-27-22)19-8-5-9-23-21(19)31-18-12-16(29-2)11-17(13-18)30-3/h4-13H,1-3H3,(H2,24,25,26,27). The van der Waals surface area contributed by atoms with Crippen LogP contribution in [0.2, 0.25) is 0 Å². The number of aromatic nitrogens is 4. The number of hydrogen-bond donors (Lipinski definition) is 2. The third-order valence-corrected chi connectivity index (χ3v) is 4.38. The van der Waals surface area contributed by atoms with Crippen LogP contribution >= 0.6 is 0 Å². The van der Waals surface area contributed by atoms with Crippen molar-refractivity contribution in [1.82, 2.24) is 20.2 Å². The summed E-state index contributed by atoms with van der Waals surface area (Å²) in [5, 5.41) is 10.3. The van der Waals surface area contributed by atoms with E-state index in [1.54, 1.807) is 51.8 Å². The van der Waals surface area contributed by atoms with E-state index in [9.17, 15) is 0 Å². The molecule has 0 radical (unpaired) electrons. The topological polar surface area (TPSA) is 103 Å². The second-order valence-electron chi connectivity index (χ2n) is 6.37. The van der Waals surface area contributed by atoms with Gasteiger partial charge in [0.2, 0.25) is 11.8 Å². The fraction of sp³-hybridized carbons (Fsp3) is 0.136. The quantitative estimate of drug-likeness (QED) is 0.432. The van der Waals surface area contributed by atoms with Gasteiger partial charge in [-0.3, -0.25) is 5.10 Å². The lowest BCUT2D eigenvalue weighted by atomic mass is 10.2. The largest absolute Gasteiger partial charge is 0.497 e. The summed E-state index contributed by atoms with van der Waals surface area (Å²) in [4.78, 5) is 8.86. The van der Waals surface area contributed by atoms with Gasteiger partial charge in [-0.15, -0.1) is 5.10 Å². The van der Waals surface area contributed by atoms with E-state index < -0.39 is 0 Å². The van der Waals surface area contributed by atoms with E-state index in [4.69, 9.17) is 18.9 Å². The maximum Gasteiger partial charge on any atom is 0.246 e. The van der Waals surface area contributed by atoms with Gasteiger partial charge in [0.05, 0.1) is 26.9 Å². The number of ether oxygens (including phenoxy) is 4. The first-order chi connectivity index (χ1) is 15.2. The molecule has 2 N–H and O–H groups in total. The molecule has 0 saturated carbocycles. The van der Waals surface area contributed by atoms with Crippen LogP contribution in [0.25, 0.3) is 11.4 Å². The predicted molar refractivity (Wildman–Crippen MR) is 116 cm³/mol. The third-order valence-electron chi connectivity index (χ3n) is 4.38. The molecular formula is C22H21N5O4. The Kier molecular flexibility index (Phi) is 5.84. The minimum absolute atomic E-state index is 0.363. The number of nitrogens with zero attached hydrogens (tertiary/aromatic N) is 3. The lowest BCUT2D eigenvalue weighted by molar-refractivity contribution is 0.385. The Morgan fingerprint density at radius 1 is 0.806 bits per heavy atom. The highest BCUT2D eigenvalue weighted by atomic mass is 16.5. The Morgan fingerprint density at radius 2 is 1.55 bits per heavy atom. The molecule has 0 bridgehead atoms. The molecule has 31 heavy (non-hydrogen) atoms. The van der Waals surface area contributed by atoms with Crippen LogP contribution < -0.4 is 24.3 Å². The third kappa shape index (κ3) is 4.67. The van der Waals surface area contributed by atoms with E-state index in [0.717, 1.165) is 11.4 Å². The zero-order valence-corrected chi connectivity index (χ0v) is 17.2. The monoisotopic (exact) mass is 419 g/mol. The average molecular weight is 419 g/mol. The molecule has 0 aliphatic heterocycles. The average Bonchev–Trinajstić information content (AvgIpc) is 3.27. The van der Waals surface area contributed by atoms with Crippen LogP contribution in [0.1, 0.15) is 0 Å². The summed E-state index contributed by atoms with van der Waals surface area (Å²) in [7, 11) is 4.78. The Bertz CT molecular complexity index is 1160. The molecule has 0 fully saturated rings. The van der Waals surface area contributed by atoms with Gasteiger partial charge in [0.1, 0.15) is 23.0 Å². The number of anilines is 2. The van der Waals surface area contributed by atoms with Crippen LogP contribution in [0, 0.1) is 0 Å². The highest BCUT2D eigenvalue weighted by Crippen LogP contribution is 2.34. The molecule has 0 aliphatic carbocycles. The second-order valence-corrected chi connectivity index (χ2v) is 6.37. The summed E-state index contributed by atoms with van der Waals surface area (Å²) in [5.41, 5.74) is 1.45. The van der Waals surface area contributed by atoms with Crippen LogP contribution in [-0.4, -0.2) is 41.5 Å². The van der Waals surface area contributed by atoms with Crippen LogP contribution in [0.15, 0.2) is 60.8 Å².